The van der Waals surface area contributed by atoms with Gasteiger partial charge in [-0.05, 0) is 30.5 Å². The van der Waals surface area contributed by atoms with Gasteiger partial charge >= 0.3 is 0 Å². The van der Waals surface area contributed by atoms with Gasteiger partial charge in [-0.1, -0.05) is 37.7 Å². The summed E-state index contributed by atoms with van der Waals surface area (Å²) in [5.74, 6) is 0.460. The normalized spacial score (nSPS) is 12.6. The van der Waals surface area contributed by atoms with Crippen molar-refractivity contribution in [2.75, 3.05) is 0 Å². The monoisotopic (exact) mass is 323 g/mol. The average molecular weight is 323 g/mol. The number of hydrogen-bond acceptors (Lipinski definition) is 5. The number of nitrogens with zero attached hydrogens (tertiary/aromatic N) is 1. The minimum absolute atomic E-state index is 0.0637. The third kappa shape index (κ3) is 3.84. The van der Waals surface area contributed by atoms with Crippen LogP contribution in [0.2, 0.25) is 0 Å². The van der Waals surface area contributed by atoms with E-state index in [0.717, 1.165) is 4.90 Å². The van der Waals surface area contributed by atoms with E-state index in [1.165, 1.54) is 34.7 Å². The Morgan fingerprint density at radius 1 is 1.24 bits per heavy atom. The highest BCUT2D eigenvalue weighted by Crippen LogP contribution is 2.43. The summed E-state index contributed by atoms with van der Waals surface area (Å²) >= 11 is 2.64. The SMILES string of the molecule is CC(C)c1ccc(Sc2sc([C@@H](C)O)cc2[N+](=O)[O-])cc1. The summed E-state index contributed by atoms with van der Waals surface area (Å²) in [5.41, 5.74) is 1.30. The van der Waals surface area contributed by atoms with E-state index in [0.29, 0.717) is 15.0 Å². The molecule has 0 aliphatic rings. The molecule has 2 rings (SSSR count). The molecule has 21 heavy (non-hydrogen) atoms. The number of nitro groups is 1. The van der Waals surface area contributed by atoms with Gasteiger partial charge in [-0.2, -0.15) is 0 Å². The van der Waals surface area contributed by atoms with Gasteiger partial charge in [0, 0.05) is 15.8 Å². The van der Waals surface area contributed by atoms with Gasteiger partial charge in [-0.25, -0.2) is 0 Å². The molecule has 1 aromatic carbocycles. The van der Waals surface area contributed by atoms with Crippen LogP contribution in [0.25, 0.3) is 0 Å². The zero-order valence-corrected chi connectivity index (χ0v) is 13.7. The highest BCUT2D eigenvalue weighted by Gasteiger charge is 2.21. The summed E-state index contributed by atoms with van der Waals surface area (Å²) in [5, 5.41) is 20.7. The highest BCUT2D eigenvalue weighted by molar-refractivity contribution is 8.01. The van der Waals surface area contributed by atoms with Crippen molar-refractivity contribution >= 4 is 28.8 Å². The van der Waals surface area contributed by atoms with Crippen molar-refractivity contribution in [3.8, 4) is 0 Å². The second kappa shape index (κ2) is 6.60. The first-order chi connectivity index (χ1) is 9.88. The fourth-order valence-electron chi connectivity index (χ4n) is 1.82. The highest BCUT2D eigenvalue weighted by atomic mass is 32.2. The van der Waals surface area contributed by atoms with Crippen LogP contribution in [-0.4, -0.2) is 10.0 Å². The van der Waals surface area contributed by atoms with Gasteiger partial charge in [0.2, 0.25) is 0 Å². The molecule has 0 bridgehead atoms. The van der Waals surface area contributed by atoms with Crippen LogP contribution in [0.1, 0.15) is 43.2 Å². The number of aliphatic hydroxyl groups excluding tert-OH is 1. The minimum Gasteiger partial charge on any atom is -0.388 e. The zero-order chi connectivity index (χ0) is 15.6. The van der Waals surface area contributed by atoms with Crippen LogP contribution in [0, 0.1) is 10.1 Å². The second-order valence-corrected chi connectivity index (χ2v) is 7.51. The molecule has 0 spiro atoms. The maximum Gasteiger partial charge on any atom is 0.294 e. The maximum atomic E-state index is 11.1. The first-order valence-electron chi connectivity index (χ1n) is 6.62. The molecule has 0 saturated heterocycles. The molecule has 112 valence electrons. The van der Waals surface area contributed by atoms with Crippen molar-refractivity contribution in [2.45, 2.75) is 41.9 Å². The standard InChI is InChI=1S/C15H17NO3S2/c1-9(2)11-4-6-12(7-5-11)20-15-13(16(18)19)8-14(21-15)10(3)17/h4-10,17H,1-3H3/t10-/m1/s1. The summed E-state index contributed by atoms with van der Waals surface area (Å²) in [6.45, 7) is 5.86. The van der Waals surface area contributed by atoms with Gasteiger partial charge in [0.1, 0.15) is 4.21 Å². The molecule has 1 heterocycles. The predicted molar refractivity (Wildman–Crippen MR) is 86.3 cm³/mol. The molecule has 0 aliphatic carbocycles. The van der Waals surface area contributed by atoms with Gasteiger partial charge in [-0.15, -0.1) is 11.3 Å². The fraction of sp³-hybridized carbons (Fsp3) is 0.333. The minimum atomic E-state index is -0.689. The van der Waals surface area contributed by atoms with Crippen LogP contribution in [0.15, 0.2) is 39.4 Å². The van der Waals surface area contributed by atoms with Gasteiger partial charge in [0.25, 0.3) is 5.69 Å². The fourth-order valence-corrected chi connectivity index (χ4v) is 4.08. The van der Waals surface area contributed by atoms with Gasteiger partial charge in [0.05, 0.1) is 11.0 Å². The third-order valence-corrected chi connectivity index (χ3v) is 5.56. The lowest BCUT2D eigenvalue weighted by atomic mass is 10.0. The number of benzene rings is 1. The summed E-state index contributed by atoms with van der Waals surface area (Å²) in [6, 6.07) is 9.50. The van der Waals surface area contributed by atoms with E-state index in [1.807, 2.05) is 24.3 Å². The number of rotatable bonds is 5. The summed E-state index contributed by atoms with van der Waals surface area (Å²) in [7, 11) is 0. The van der Waals surface area contributed by atoms with Crippen molar-refractivity contribution in [1.29, 1.82) is 0 Å². The molecule has 6 heteroatoms. The van der Waals surface area contributed by atoms with Crippen LogP contribution in [0.3, 0.4) is 0 Å². The topological polar surface area (TPSA) is 63.4 Å². The Kier molecular flexibility index (Phi) is 5.03. The van der Waals surface area contributed by atoms with Crippen molar-refractivity contribution in [2.24, 2.45) is 0 Å². The lowest BCUT2D eigenvalue weighted by molar-refractivity contribution is -0.387. The molecule has 1 aromatic heterocycles. The van der Waals surface area contributed by atoms with Crippen LogP contribution >= 0.6 is 23.1 Å². The second-order valence-electron chi connectivity index (χ2n) is 5.08. The molecular formula is C15H17NO3S2. The number of aliphatic hydroxyl groups is 1. The van der Waals surface area contributed by atoms with E-state index in [9.17, 15) is 15.2 Å². The third-order valence-electron chi connectivity index (χ3n) is 3.06. The quantitative estimate of drug-likeness (QED) is 0.622. The first-order valence-corrected chi connectivity index (χ1v) is 8.25. The Labute approximate surface area is 132 Å². The van der Waals surface area contributed by atoms with E-state index in [4.69, 9.17) is 0 Å². The molecule has 0 saturated carbocycles. The van der Waals surface area contributed by atoms with Gasteiger partial charge in [0.15, 0.2) is 0 Å². The molecule has 4 nitrogen and oxygen atoms in total. The lowest BCUT2D eigenvalue weighted by Crippen LogP contribution is -1.88. The lowest BCUT2D eigenvalue weighted by Gasteiger charge is -2.05. The van der Waals surface area contributed by atoms with E-state index in [1.54, 1.807) is 6.92 Å². The van der Waals surface area contributed by atoms with E-state index in [-0.39, 0.29) is 5.69 Å². The molecule has 0 fully saturated rings. The largest absolute Gasteiger partial charge is 0.388 e. The van der Waals surface area contributed by atoms with Gasteiger partial charge in [-0.3, -0.25) is 10.1 Å². The average Bonchev–Trinajstić information content (AvgIpc) is 2.83. The summed E-state index contributed by atoms with van der Waals surface area (Å²) in [4.78, 5) is 12.3. The molecular weight excluding hydrogens is 306 g/mol. The van der Waals surface area contributed by atoms with Crippen molar-refractivity contribution in [3.63, 3.8) is 0 Å². The molecule has 1 N–H and O–H groups in total. The number of hydrogen-bond donors (Lipinski definition) is 1. The van der Waals surface area contributed by atoms with Crippen LogP contribution in [-0.2, 0) is 0 Å². The van der Waals surface area contributed by atoms with Crippen LogP contribution in [0.4, 0.5) is 5.69 Å². The molecule has 1 atom stereocenters. The Bertz CT molecular complexity index is 633. The Balaban J connectivity index is 2.27. The Hall–Kier alpha value is -1.37. The van der Waals surface area contributed by atoms with Crippen molar-refractivity contribution < 1.29 is 10.0 Å². The Morgan fingerprint density at radius 3 is 2.33 bits per heavy atom. The van der Waals surface area contributed by atoms with Crippen LogP contribution in [0.5, 0.6) is 0 Å². The smallest absolute Gasteiger partial charge is 0.294 e. The van der Waals surface area contributed by atoms with E-state index >= 15 is 0 Å². The predicted octanol–water partition coefficient (Wildman–Crippen LogP) is 4.98. The van der Waals surface area contributed by atoms with Crippen molar-refractivity contribution in [1.82, 2.24) is 0 Å². The molecule has 0 aliphatic heterocycles. The summed E-state index contributed by atoms with van der Waals surface area (Å²) < 4.78 is 0.605. The first kappa shape index (κ1) is 16.0. The molecule has 0 unspecified atom stereocenters. The van der Waals surface area contributed by atoms with E-state index < -0.39 is 11.0 Å². The van der Waals surface area contributed by atoms with Crippen LogP contribution < -0.4 is 0 Å². The maximum absolute atomic E-state index is 11.1. The van der Waals surface area contributed by atoms with Crippen molar-refractivity contribution in [3.05, 3.63) is 50.9 Å². The number of thiophene rings is 1. The Morgan fingerprint density at radius 2 is 1.86 bits per heavy atom. The molecule has 0 amide bonds. The molecule has 0 radical (unpaired) electrons. The zero-order valence-electron chi connectivity index (χ0n) is 12.1. The van der Waals surface area contributed by atoms with Gasteiger partial charge < -0.3 is 5.11 Å². The van der Waals surface area contributed by atoms with E-state index in [2.05, 4.69) is 13.8 Å². The molecule has 2 aromatic rings. The summed E-state index contributed by atoms with van der Waals surface area (Å²) in [6.07, 6.45) is -0.689.